The monoisotopic (exact) mass is 719 g/mol. The second-order valence-corrected chi connectivity index (χ2v) is 15.6. The molecule has 3 atom stereocenters. The Labute approximate surface area is 290 Å². The fraction of sp³-hybridized carbons (Fsp3) is 0.647. The lowest BCUT2D eigenvalue weighted by Gasteiger charge is -2.37. The number of nitrogens with zero attached hydrogens (tertiary/aromatic N) is 2. The van der Waals surface area contributed by atoms with Crippen LogP contribution in [0.4, 0.5) is 14.9 Å². The van der Waals surface area contributed by atoms with Crippen LogP contribution in [0.25, 0.3) is 11.0 Å². The van der Waals surface area contributed by atoms with Gasteiger partial charge in [0, 0.05) is 36.6 Å². The molecule has 4 aliphatic rings. The van der Waals surface area contributed by atoms with Gasteiger partial charge in [-0.15, -0.1) is 0 Å². The molecule has 2 aliphatic carbocycles. The molecule has 2 saturated carbocycles. The Morgan fingerprint density at radius 1 is 0.940 bits per heavy atom. The molecule has 2 saturated heterocycles. The second kappa shape index (κ2) is 15.6. The van der Waals surface area contributed by atoms with Gasteiger partial charge in [0.2, 0.25) is 11.8 Å². The van der Waals surface area contributed by atoms with Crippen LogP contribution in [-0.4, -0.2) is 98.2 Å². The van der Waals surface area contributed by atoms with Crippen LogP contribution in [0.1, 0.15) is 74.8 Å². The van der Waals surface area contributed by atoms with Crippen molar-refractivity contribution in [3.05, 3.63) is 30.0 Å². The fourth-order valence-corrected chi connectivity index (χ4v) is 9.46. The van der Waals surface area contributed by atoms with Crippen LogP contribution in [0.15, 0.2) is 28.7 Å². The van der Waals surface area contributed by atoms with Crippen molar-refractivity contribution in [1.82, 2.24) is 19.2 Å². The molecule has 0 bridgehead atoms. The van der Waals surface area contributed by atoms with Crippen molar-refractivity contribution in [1.29, 1.82) is 0 Å². The van der Waals surface area contributed by atoms with Gasteiger partial charge in [-0.3, -0.25) is 14.4 Å². The number of nitrogens with one attached hydrogen (secondary N) is 3. The lowest BCUT2D eigenvalue weighted by atomic mass is 9.76. The first-order valence-corrected chi connectivity index (χ1v) is 19.1. The van der Waals surface area contributed by atoms with Gasteiger partial charge in [-0.1, -0.05) is 32.1 Å². The average Bonchev–Trinajstić information content (AvgIpc) is 3.76. The summed E-state index contributed by atoms with van der Waals surface area (Å²) in [6.45, 7) is 0.401. The molecular weight excluding hydrogens is 673 g/mol. The smallest absolute Gasteiger partial charge is 0.404 e. The van der Waals surface area contributed by atoms with E-state index in [2.05, 4.69) is 10.6 Å². The van der Waals surface area contributed by atoms with Gasteiger partial charge in [-0.25, -0.2) is 13.9 Å². The molecule has 1 aromatic heterocycles. The largest absolute Gasteiger partial charge is 0.465 e. The number of fused-ring (bicyclic) bond motifs is 1. The summed E-state index contributed by atoms with van der Waals surface area (Å²) in [5, 5.41) is 14.8. The van der Waals surface area contributed by atoms with E-state index in [0.717, 1.165) is 42.8 Å². The zero-order valence-corrected chi connectivity index (χ0v) is 28.8. The first kappa shape index (κ1) is 36.0. The molecule has 3 heterocycles. The molecule has 6 rings (SSSR count). The predicted molar refractivity (Wildman–Crippen MR) is 180 cm³/mol. The van der Waals surface area contributed by atoms with Crippen LogP contribution in [0.2, 0.25) is 0 Å². The minimum Gasteiger partial charge on any atom is -0.465 e. The molecule has 14 nitrogen and oxygen atoms in total. The van der Waals surface area contributed by atoms with Crippen molar-refractivity contribution in [3.8, 4) is 0 Å². The highest BCUT2D eigenvalue weighted by Gasteiger charge is 2.47. The summed E-state index contributed by atoms with van der Waals surface area (Å²) in [6, 6.07) is 4.83. The first-order valence-electron chi connectivity index (χ1n) is 17.6. The number of rotatable bonds is 10. The van der Waals surface area contributed by atoms with Crippen LogP contribution in [0.3, 0.4) is 0 Å². The highest BCUT2D eigenvalue weighted by atomic mass is 32.2. The molecule has 0 unspecified atom stereocenters. The number of morpholine rings is 1. The third-order valence-electron chi connectivity index (χ3n) is 11.0. The van der Waals surface area contributed by atoms with E-state index in [1.165, 1.54) is 6.07 Å². The Morgan fingerprint density at radius 3 is 2.34 bits per heavy atom. The second-order valence-electron chi connectivity index (χ2n) is 13.9. The van der Waals surface area contributed by atoms with Crippen molar-refractivity contribution >= 4 is 50.7 Å². The van der Waals surface area contributed by atoms with E-state index in [9.17, 15) is 32.0 Å². The predicted octanol–water partition coefficient (Wildman–Crippen LogP) is 3.89. The Hall–Kier alpha value is -3.76. The molecule has 274 valence electrons. The maximum absolute atomic E-state index is 14.1. The fourth-order valence-electron chi connectivity index (χ4n) is 8.37. The van der Waals surface area contributed by atoms with E-state index < -0.39 is 41.0 Å². The minimum absolute atomic E-state index is 0.00708. The number of alkyl halides is 1. The van der Waals surface area contributed by atoms with Gasteiger partial charge in [0.15, 0.2) is 5.76 Å². The standard InChI is InChI=1S/C34H46FN5O9S/c35-20-27(37-34(44)45)22-6-8-23(9-7-22)33(43)40-13-12-26(21-4-2-1-3-5-21)30(40)32(42)36-25-10-11-28-24(18-25)19-29(49-28)31(41)38-50(46,47)39-14-16-48-17-15-39/h10-11,18-19,21-23,26-27,30,37H,1-9,12-17,20H2,(H,36,42)(H,38,41)(H,44,45)/t22-,23-,26-,27+,30-/m0/s1. The SMILES string of the molecule is O=C(O)N[C@H](CF)[C@H]1CC[C@H](C(=O)N2CC[C@@H](C3CCCCC3)[C@H]2C(=O)Nc2ccc3oc(C(=O)NS(=O)(=O)N4CCOCC4)cc3c2)CC1. The number of amides is 4. The Bertz CT molecular complexity index is 1670. The van der Waals surface area contributed by atoms with E-state index in [1.54, 1.807) is 23.1 Å². The maximum Gasteiger partial charge on any atom is 0.404 e. The van der Waals surface area contributed by atoms with Crippen molar-refractivity contribution in [2.24, 2.45) is 23.7 Å². The Balaban J connectivity index is 1.15. The third kappa shape index (κ3) is 8.07. The third-order valence-corrected chi connectivity index (χ3v) is 12.4. The number of ether oxygens (including phenoxy) is 1. The lowest BCUT2D eigenvalue weighted by molar-refractivity contribution is -0.142. The molecular formula is C34H46FN5O9S. The number of likely N-dealkylation sites (tertiary alicyclic amines) is 1. The zero-order valence-electron chi connectivity index (χ0n) is 28.0. The first-order chi connectivity index (χ1) is 24.0. The highest BCUT2D eigenvalue weighted by Crippen LogP contribution is 2.41. The summed E-state index contributed by atoms with van der Waals surface area (Å²) in [5.41, 5.74) is 0.778. The van der Waals surface area contributed by atoms with Crippen molar-refractivity contribution in [2.45, 2.75) is 76.3 Å². The molecule has 0 spiro atoms. The molecule has 50 heavy (non-hydrogen) atoms. The van der Waals surface area contributed by atoms with Gasteiger partial charge >= 0.3 is 22.2 Å². The summed E-state index contributed by atoms with van der Waals surface area (Å²) >= 11 is 0. The molecule has 2 aliphatic heterocycles. The van der Waals surface area contributed by atoms with Crippen LogP contribution in [0.5, 0.6) is 0 Å². The lowest BCUT2D eigenvalue weighted by Crippen LogP contribution is -2.50. The topological polar surface area (TPSA) is 188 Å². The summed E-state index contributed by atoms with van der Waals surface area (Å²) in [6.07, 6.45) is 6.86. The number of hydrogen-bond acceptors (Lipinski definition) is 8. The van der Waals surface area contributed by atoms with E-state index in [-0.39, 0.29) is 61.6 Å². The minimum atomic E-state index is -4.08. The number of anilines is 1. The molecule has 16 heteroatoms. The van der Waals surface area contributed by atoms with Crippen molar-refractivity contribution in [2.75, 3.05) is 44.8 Å². The number of carboxylic acid groups (broad SMARTS) is 1. The van der Waals surface area contributed by atoms with E-state index in [4.69, 9.17) is 14.3 Å². The zero-order chi connectivity index (χ0) is 35.4. The van der Waals surface area contributed by atoms with E-state index in [0.29, 0.717) is 54.8 Å². The summed E-state index contributed by atoms with van der Waals surface area (Å²) in [5.74, 6) is -1.67. The van der Waals surface area contributed by atoms with Gasteiger partial charge in [0.1, 0.15) is 18.3 Å². The van der Waals surface area contributed by atoms with Gasteiger partial charge < -0.3 is 29.8 Å². The summed E-state index contributed by atoms with van der Waals surface area (Å²) in [4.78, 5) is 53.8. The molecule has 0 radical (unpaired) electrons. The molecule has 4 amide bonds. The summed E-state index contributed by atoms with van der Waals surface area (Å²) in [7, 11) is -4.08. The number of carbonyl (C=O) groups is 4. The molecule has 4 fully saturated rings. The van der Waals surface area contributed by atoms with Gasteiger partial charge in [0.25, 0.3) is 0 Å². The highest BCUT2D eigenvalue weighted by molar-refractivity contribution is 7.87. The average molecular weight is 720 g/mol. The van der Waals surface area contributed by atoms with Gasteiger partial charge in [0.05, 0.1) is 19.3 Å². The molecule has 2 aromatic rings. The summed E-state index contributed by atoms with van der Waals surface area (Å²) < 4.78 is 53.0. The quantitative estimate of drug-likeness (QED) is 0.283. The maximum atomic E-state index is 14.1. The normalized spacial score (nSPS) is 26.0. The number of halogens is 1. The van der Waals surface area contributed by atoms with Crippen LogP contribution >= 0.6 is 0 Å². The van der Waals surface area contributed by atoms with Crippen molar-refractivity contribution in [3.63, 3.8) is 0 Å². The van der Waals surface area contributed by atoms with Gasteiger partial charge in [-0.2, -0.15) is 12.7 Å². The molecule has 1 aromatic carbocycles. The number of carbonyl (C=O) groups excluding carboxylic acids is 3. The molecule has 4 N–H and O–H groups in total. The van der Waals surface area contributed by atoms with E-state index in [1.807, 2.05) is 4.72 Å². The van der Waals surface area contributed by atoms with Crippen LogP contribution in [-0.2, 0) is 24.5 Å². The van der Waals surface area contributed by atoms with Crippen LogP contribution < -0.4 is 15.4 Å². The number of furan rings is 1. The van der Waals surface area contributed by atoms with Gasteiger partial charge in [-0.05, 0) is 74.1 Å². The Kier molecular flexibility index (Phi) is 11.3. The van der Waals surface area contributed by atoms with Crippen molar-refractivity contribution < 1.29 is 46.2 Å². The number of hydrogen-bond donors (Lipinski definition) is 4. The number of benzene rings is 1. The van der Waals surface area contributed by atoms with E-state index >= 15 is 0 Å². The Morgan fingerprint density at radius 2 is 1.66 bits per heavy atom. The van der Waals surface area contributed by atoms with Crippen LogP contribution in [0, 0.1) is 23.7 Å².